The van der Waals surface area contributed by atoms with Crippen LogP contribution >= 0.6 is 11.8 Å². The van der Waals surface area contributed by atoms with Crippen molar-refractivity contribution >= 4 is 11.8 Å². The Morgan fingerprint density at radius 1 is 1.36 bits per heavy atom. The van der Waals surface area contributed by atoms with E-state index < -0.39 is 0 Å². The Hall–Kier alpha value is -0.890. The van der Waals surface area contributed by atoms with Crippen LogP contribution in [0, 0.1) is 0 Å². The Bertz CT molecular complexity index is 290. The summed E-state index contributed by atoms with van der Waals surface area (Å²) in [5.41, 5.74) is 1.33. The van der Waals surface area contributed by atoms with E-state index in [-0.39, 0.29) is 0 Å². The van der Waals surface area contributed by atoms with Crippen molar-refractivity contribution in [3.8, 4) is 5.75 Å². The third-order valence-electron chi connectivity index (χ3n) is 2.14. The minimum atomic E-state index is 0.914. The molecule has 2 heteroatoms. The number of ether oxygens (including phenoxy) is 1. The SMILES string of the molecule is C=C(CCc1ccc(OC)cc1)SC. The lowest BCUT2D eigenvalue weighted by atomic mass is 10.1. The van der Waals surface area contributed by atoms with Crippen LogP contribution in [0.4, 0.5) is 0 Å². The van der Waals surface area contributed by atoms with Crippen molar-refractivity contribution in [2.75, 3.05) is 13.4 Å². The Balaban J connectivity index is 2.47. The van der Waals surface area contributed by atoms with E-state index in [1.165, 1.54) is 10.5 Å². The Morgan fingerprint density at radius 2 is 2.00 bits per heavy atom. The fourth-order valence-corrected chi connectivity index (χ4v) is 1.48. The lowest BCUT2D eigenvalue weighted by molar-refractivity contribution is 0.414. The van der Waals surface area contributed by atoms with Gasteiger partial charge in [0.15, 0.2) is 0 Å². The second kappa shape index (κ2) is 5.76. The molecule has 1 aromatic rings. The van der Waals surface area contributed by atoms with Gasteiger partial charge in [0.1, 0.15) is 5.75 Å². The Kier molecular flexibility index (Phi) is 4.60. The van der Waals surface area contributed by atoms with Crippen molar-refractivity contribution in [3.63, 3.8) is 0 Å². The number of benzene rings is 1. The highest BCUT2D eigenvalue weighted by Gasteiger charge is 1.96. The summed E-state index contributed by atoms with van der Waals surface area (Å²) in [6, 6.07) is 8.20. The quantitative estimate of drug-likeness (QED) is 0.732. The van der Waals surface area contributed by atoms with Crippen molar-refractivity contribution in [1.29, 1.82) is 0 Å². The standard InChI is InChI=1S/C12H16OS/c1-10(14-3)4-5-11-6-8-12(13-2)9-7-11/h6-9H,1,4-5H2,2-3H3. The molecule has 1 aromatic carbocycles. The Morgan fingerprint density at radius 3 is 2.50 bits per heavy atom. The number of allylic oxidation sites excluding steroid dienone is 1. The van der Waals surface area contributed by atoms with Crippen LogP contribution in [-0.4, -0.2) is 13.4 Å². The van der Waals surface area contributed by atoms with Crippen LogP contribution in [0.5, 0.6) is 5.75 Å². The molecule has 1 rings (SSSR count). The van der Waals surface area contributed by atoms with Gasteiger partial charge in [0.05, 0.1) is 7.11 Å². The molecular formula is C12H16OS. The summed E-state index contributed by atoms with van der Waals surface area (Å²) in [4.78, 5) is 1.24. The molecule has 0 saturated heterocycles. The van der Waals surface area contributed by atoms with Crippen molar-refractivity contribution in [3.05, 3.63) is 41.3 Å². The number of hydrogen-bond acceptors (Lipinski definition) is 2. The van der Waals surface area contributed by atoms with Gasteiger partial charge in [-0.05, 0) is 41.7 Å². The second-order valence-corrected chi connectivity index (χ2v) is 4.08. The highest BCUT2D eigenvalue weighted by Crippen LogP contribution is 2.18. The number of aryl methyl sites for hydroxylation is 1. The predicted molar refractivity (Wildman–Crippen MR) is 64.0 cm³/mol. The van der Waals surface area contributed by atoms with Gasteiger partial charge in [-0.25, -0.2) is 0 Å². The van der Waals surface area contributed by atoms with Gasteiger partial charge in [0.25, 0.3) is 0 Å². The van der Waals surface area contributed by atoms with Crippen LogP contribution in [-0.2, 0) is 6.42 Å². The number of rotatable bonds is 5. The van der Waals surface area contributed by atoms with Gasteiger partial charge < -0.3 is 4.74 Å². The van der Waals surface area contributed by atoms with E-state index >= 15 is 0 Å². The molecule has 0 saturated carbocycles. The first-order chi connectivity index (χ1) is 6.76. The van der Waals surface area contributed by atoms with Crippen molar-refractivity contribution in [2.45, 2.75) is 12.8 Å². The fraction of sp³-hybridized carbons (Fsp3) is 0.333. The van der Waals surface area contributed by atoms with Gasteiger partial charge in [-0.2, -0.15) is 0 Å². The topological polar surface area (TPSA) is 9.23 Å². The molecule has 14 heavy (non-hydrogen) atoms. The van der Waals surface area contributed by atoms with Crippen LogP contribution in [0.2, 0.25) is 0 Å². The Labute approximate surface area is 90.2 Å². The number of methoxy groups -OCH3 is 1. The molecule has 0 aliphatic rings. The van der Waals surface area contributed by atoms with E-state index in [1.807, 2.05) is 12.1 Å². The van der Waals surface area contributed by atoms with Gasteiger partial charge in [0.2, 0.25) is 0 Å². The lowest BCUT2D eigenvalue weighted by Crippen LogP contribution is -1.87. The molecule has 0 aliphatic carbocycles. The summed E-state index contributed by atoms with van der Waals surface area (Å²) in [5.74, 6) is 0.914. The van der Waals surface area contributed by atoms with Crippen molar-refractivity contribution < 1.29 is 4.74 Å². The highest BCUT2D eigenvalue weighted by atomic mass is 32.2. The van der Waals surface area contributed by atoms with Gasteiger partial charge >= 0.3 is 0 Å². The molecule has 0 radical (unpaired) electrons. The number of hydrogen-bond donors (Lipinski definition) is 0. The van der Waals surface area contributed by atoms with Crippen LogP contribution in [0.1, 0.15) is 12.0 Å². The number of thioether (sulfide) groups is 1. The van der Waals surface area contributed by atoms with Crippen molar-refractivity contribution in [2.24, 2.45) is 0 Å². The van der Waals surface area contributed by atoms with E-state index in [9.17, 15) is 0 Å². The smallest absolute Gasteiger partial charge is 0.118 e. The molecule has 76 valence electrons. The first-order valence-electron chi connectivity index (χ1n) is 4.61. The maximum Gasteiger partial charge on any atom is 0.118 e. The van der Waals surface area contributed by atoms with Gasteiger partial charge in [-0.15, -0.1) is 11.8 Å². The maximum atomic E-state index is 5.09. The zero-order valence-corrected chi connectivity index (χ0v) is 9.56. The zero-order chi connectivity index (χ0) is 10.4. The summed E-state index contributed by atoms with van der Waals surface area (Å²) in [6.07, 6.45) is 4.17. The highest BCUT2D eigenvalue weighted by molar-refractivity contribution is 8.02. The molecule has 0 aromatic heterocycles. The molecule has 0 unspecified atom stereocenters. The molecule has 0 bridgehead atoms. The molecule has 0 N–H and O–H groups in total. The monoisotopic (exact) mass is 208 g/mol. The predicted octanol–water partition coefficient (Wildman–Crippen LogP) is 3.50. The second-order valence-electron chi connectivity index (χ2n) is 3.09. The van der Waals surface area contributed by atoms with Crippen LogP contribution in [0.25, 0.3) is 0 Å². The fourth-order valence-electron chi connectivity index (χ4n) is 1.18. The molecule has 0 aliphatic heterocycles. The summed E-state index contributed by atoms with van der Waals surface area (Å²) in [7, 11) is 1.69. The van der Waals surface area contributed by atoms with Gasteiger partial charge in [0, 0.05) is 0 Å². The molecule has 0 heterocycles. The van der Waals surface area contributed by atoms with E-state index in [2.05, 4.69) is 25.0 Å². The minimum absolute atomic E-state index is 0.914. The van der Waals surface area contributed by atoms with E-state index in [0.717, 1.165) is 18.6 Å². The summed E-state index contributed by atoms with van der Waals surface area (Å²) >= 11 is 1.73. The van der Waals surface area contributed by atoms with Crippen LogP contribution in [0.3, 0.4) is 0 Å². The third-order valence-corrected chi connectivity index (χ3v) is 2.92. The first-order valence-corrected chi connectivity index (χ1v) is 5.83. The normalized spacial score (nSPS) is 9.86. The van der Waals surface area contributed by atoms with E-state index in [4.69, 9.17) is 4.74 Å². The zero-order valence-electron chi connectivity index (χ0n) is 8.75. The molecule has 0 atom stereocenters. The molecule has 0 fully saturated rings. The van der Waals surface area contributed by atoms with Gasteiger partial charge in [-0.3, -0.25) is 0 Å². The average Bonchev–Trinajstić information content (AvgIpc) is 2.26. The maximum absolute atomic E-state index is 5.09. The minimum Gasteiger partial charge on any atom is -0.497 e. The van der Waals surface area contributed by atoms with E-state index in [1.54, 1.807) is 18.9 Å². The molecule has 0 spiro atoms. The lowest BCUT2D eigenvalue weighted by Gasteiger charge is -2.04. The molecular weight excluding hydrogens is 192 g/mol. The van der Waals surface area contributed by atoms with Crippen LogP contribution < -0.4 is 4.74 Å². The van der Waals surface area contributed by atoms with Crippen molar-refractivity contribution in [1.82, 2.24) is 0 Å². The average molecular weight is 208 g/mol. The van der Waals surface area contributed by atoms with E-state index in [0.29, 0.717) is 0 Å². The van der Waals surface area contributed by atoms with Gasteiger partial charge in [-0.1, -0.05) is 18.7 Å². The third kappa shape index (κ3) is 3.46. The first kappa shape index (κ1) is 11.2. The molecule has 0 amide bonds. The largest absolute Gasteiger partial charge is 0.497 e. The summed E-state index contributed by atoms with van der Waals surface area (Å²) in [5, 5.41) is 0. The molecule has 1 nitrogen and oxygen atoms in total. The summed E-state index contributed by atoms with van der Waals surface area (Å²) in [6.45, 7) is 3.96. The van der Waals surface area contributed by atoms with Crippen LogP contribution in [0.15, 0.2) is 35.7 Å². The summed E-state index contributed by atoms with van der Waals surface area (Å²) < 4.78 is 5.09.